The Morgan fingerprint density at radius 1 is 1.24 bits per heavy atom. The third-order valence-corrected chi connectivity index (χ3v) is 5.51. The minimum Gasteiger partial charge on any atom is -0.258 e. The van der Waals surface area contributed by atoms with Crippen LogP contribution < -0.4 is 5.69 Å². The maximum Gasteiger partial charge on any atom is 0.348 e. The second-order valence-corrected chi connectivity index (χ2v) is 7.97. The summed E-state index contributed by atoms with van der Waals surface area (Å²) in [4.78, 5) is 23.2. The largest absolute Gasteiger partial charge is 0.348 e. The zero-order valence-corrected chi connectivity index (χ0v) is 17.1. The van der Waals surface area contributed by atoms with E-state index in [2.05, 4.69) is 10.2 Å². The fourth-order valence-corrected chi connectivity index (χ4v) is 3.93. The summed E-state index contributed by atoms with van der Waals surface area (Å²) in [6.07, 6.45) is 0. The topological polar surface area (TPSA) is 93.8 Å². The van der Waals surface area contributed by atoms with Crippen LogP contribution in [0.2, 0.25) is 5.02 Å². The molecule has 7 nitrogen and oxygen atoms in total. The van der Waals surface area contributed by atoms with Crippen molar-refractivity contribution in [3.8, 4) is 5.69 Å². The number of aromatic nitrogens is 3. The van der Waals surface area contributed by atoms with Crippen molar-refractivity contribution < 1.29 is 13.7 Å². The highest BCUT2D eigenvalue weighted by Crippen LogP contribution is 2.37. The lowest BCUT2D eigenvalue weighted by molar-refractivity contribution is -0.387. The van der Waals surface area contributed by atoms with Crippen LogP contribution in [0.1, 0.15) is 30.9 Å². The Morgan fingerprint density at radius 2 is 1.93 bits per heavy atom. The molecule has 1 aromatic heterocycles. The summed E-state index contributed by atoms with van der Waals surface area (Å²) in [5.74, 6) is -1.50. The number of benzene rings is 2. The molecular formula is C18H15ClF2N4O3S. The van der Waals surface area contributed by atoms with Crippen LogP contribution >= 0.6 is 23.4 Å². The summed E-state index contributed by atoms with van der Waals surface area (Å²) < 4.78 is 28.9. The molecule has 152 valence electrons. The van der Waals surface area contributed by atoms with Crippen molar-refractivity contribution >= 4 is 29.1 Å². The van der Waals surface area contributed by atoms with Crippen LogP contribution in [0.4, 0.5) is 14.5 Å². The average molecular weight is 441 g/mol. The van der Waals surface area contributed by atoms with Crippen molar-refractivity contribution in [2.24, 2.45) is 0 Å². The monoisotopic (exact) mass is 440 g/mol. The van der Waals surface area contributed by atoms with Crippen molar-refractivity contribution in [2.45, 2.75) is 36.7 Å². The molecule has 0 aliphatic heterocycles. The number of rotatable bonds is 5. The molecule has 0 amide bonds. The molecule has 0 saturated heterocycles. The first kappa shape index (κ1) is 21.0. The predicted molar refractivity (Wildman–Crippen MR) is 105 cm³/mol. The summed E-state index contributed by atoms with van der Waals surface area (Å²) in [5.41, 5.74) is -0.0775. The second-order valence-electron chi connectivity index (χ2n) is 6.55. The number of H-pyrrole nitrogens is 1. The molecule has 0 atom stereocenters. The Kier molecular flexibility index (Phi) is 5.76. The van der Waals surface area contributed by atoms with Gasteiger partial charge < -0.3 is 0 Å². The minimum absolute atomic E-state index is 0.0636. The van der Waals surface area contributed by atoms with Gasteiger partial charge in [0.1, 0.15) is 11.6 Å². The number of aryl methyl sites for hydroxylation is 1. The van der Waals surface area contributed by atoms with Gasteiger partial charge in [0.15, 0.2) is 0 Å². The molecule has 0 saturated carbocycles. The summed E-state index contributed by atoms with van der Waals surface area (Å²) in [6, 6.07) is 4.67. The molecule has 0 unspecified atom stereocenters. The van der Waals surface area contributed by atoms with Crippen LogP contribution in [-0.4, -0.2) is 19.7 Å². The van der Waals surface area contributed by atoms with Gasteiger partial charge in [-0.3, -0.25) is 10.1 Å². The Bertz CT molecular complexity index is 1180. The highest BCUT2D eigenvalue weighted by molar-refractivity contribution is 7.99. The van der Waals surface area contributed by atoms with Crippen LogP contribution in [-0.2, 0) is 0 Å². The van der Waals surface area contributed by atoms with E-state index < -0.39 is 27.9 Å². The first-order valence-corrected chi connectivity index (χ1v) is 9.58. The molecule has 3 rings (SSSR count). The molecule has 0 fully saturated rings. The van der Waals surface area contributed by atoms with Gasteiger partial charge in [0.05, 0.1) is 26.6 Å². The molecule has 0 bridgehead atoms. The lowest BCUT2D eigenvalue weighted by atomic mass is 10.0. The molecule has 11 heteroatoms. The van der Waals surface area contributed by atoms with Gasteiger partial charge in [-0.05, 0) is 53.9 Å². The van der Waals surface area contributed by atoms with E-state index in [0.29, 0.717) is 11.3 Å². The SMILES string of the molecule is Cc1cc(Sc2n[nH]c(=O)n2-c2cc(Cl)c(F)cc2C(C)C)c([N+](=O)[O-])cc1F. The number of nitrogens with zero attached hydrogens (tertiary/aromatic N) is 3. The highest BCUT2D eigenvalue weighted by Gasteiger charge is 2.23. The van der Waals surface area contributed by atoms with E-state index in [1.54, 1.807) is 0 Å². The fourth-order valence-electron chi connectivity index (χ4n) is 2.74. The predicted octanol–water partition coefficient (Wildman–Crippen LogP) is 4.98. The summed E-state index contributed by atoms with van der Waals surface area (Å²) in [5, 5.41) is 17.4. The quantitative estimate of drug-likeness (QED) is 0.446. The van der Waals surface area contributed by atoms with Crippen LogP contribution in [0, 0.1) is 28.7 Å². The molecule has 3 aromatic rings. The molecular weight excluding hydrogens is 426 g/mol. The van der Waals surface area contributed by atoms with Gasteiger partial charge in [-0.2, -0.15) is 0 Å². The molecule has 1 heterocycles. The van der Waals surface area contributed by atoms with Gasteiger partial charge in [0.25, 0.3) is 5.69 Å². The van der Waals surface area contributed by atoms with E-state index >= 15 is 0 Å². The maximum atomic E-state index is 14.0. The first-order chi connectivity index (χ1) is 13.6. The van der Waals surface area contributed by atoms with Crippen LogP contribution in [0.3, 0.4) is 0 Å². The fraction of sp³-hybridized carbons (Fsp3) is 0.222. The summed E-state index contributed by atoms with van der Waals surface area (Å²) in [6.45, 7) is 5.11. The first-order valence-electron chi connectivity index (χ1n) is 8.39. The minimum atomic E-state index is -0.715. The van der Waals surface area contributed by atoms with E-state index in [4.69, 9.17) is 11.6 Å². The molecule has 29 heavy (non-hydrogen) atoms. The Morgan fingerprint density at radius 3 is 2.55 bits per heavy atom. The number of hydrogen-bond donors (Lipinski definition) is 1. The molecule has 0 aliphatic carbocycles. The van der Waals surface area contributed by atoms with Crippen LogP contribution in [0.25, 0.3) is 5.69 Å². The number of hydrogen-bond acceptors (Lipinski definition) is 5. The number of aromatic amines is 1. The Hall–Kier alpha value is -2.72. The lowest BCUT2D eigenvalue weighted by Crippen LogP contribution is -2.18. The van der Waals surface area contributed by atoms with Crippen molar-refractivity contribution in [3.05, 3.63) is 72.6 Å². The zero-order chi connectivity index (χ0) is 21.5. The third-order valence-electron chi connectivity index (χ3n) is 4.21. The summed E-state index contributed by atoms with van der Waals surface area (Å²) >= 11 is 6.73. The second kappa shape index (κ2) is 7.96. The van der Waals surface area contributed by atoms with Crippen molar-refractivity contribution in [3.63, 3.8) is 0 Å². The molecule has 0 spiro atoms. The van der Waals surface area contributed by atoms with E-state index in [1.165, 1.54) is 25.1 Å². The standard InChI is InChI=1S/C18H15ClF2N4O3S/c1-8(2)10-5-13(21)11(19)6-14(10)24-17(26)22-23-18(24)29-16-4-9(3)12(20)7-15(16)25(27)28/h4-8H,1-3H3,(H,22,26). The van der Waals surface area contributed by atoms with Gasteiger partial charge in [-0.1, -0.05) is 25.4 Å². The van der Waals surface area contributed by atoms with E-state index in [9.17, 15) is 23.7 Å². The number of nitro groups is 1. The van der Waals surface area contributed by atoms with Gasteiger partial charge in [-0.25, -0.2) is 23.2 Å². The number of nitrogens with one attached hydrogen (secondary N) is 1. The van der Waals surface area contributed by atoms with Gasteiger partial charge in [0, 0.05) is 0 Å². The van der Waals surface area contributed by atoms with E-state index in [-0.39, 0.29) is 26.6 Å². The van der Waals surface area contributed by atoms with Gasteiger partial charge in [0.2, 0.25) is 5.16 Å². The number of nitro benzene ring substituents is 1. The Labute approximate surface area is 172 Å². The molecule has 0 radical (unpaired) electrons. The molecule has 0 aliphatic rings. The van der Waals surface area contributed by atoms with E-state index in [1.807, 2.05) is 13.8 Å². The number of halogens is 3. The average Bonchev–Trinajstić information content (AvgIpc) is 2.99. The summed E-state index contributed by atoms with van der Waals surface area (Å²) in [7, 11) is 0. The van der Waals surface area contributed by atoms with Crippen molar-refractivity contribution in [2.75, 3.05) is 0 Å². The third kappa shape index (κ3) is 4.03. The smallest absolute Gasteiger partial charge is 0.258 e. The van der Waals surface area contributed by atoms with Gasteiger partial charge in [-0.15, -0.1) is 5.10 Å². The highest BCUT2D eigenvalue weighted by atomic mass is 35.5. The van der Waals surface area contributed by atoms with Gasteiger partial charge >= 0.3 is 5.69 Å². The Balaban J connectivity index is 2.20. The van der Waals surface area contributed by atoms with Crippen molar-refractivity contribution in [1.29, 1.82) is 0 Å². The lowest BCUT2D eigenvalue weighted by Gasteiger charge is -2.15. The maximum absolute atomic E-state index is 14.0. The molecule has 2 aromatic carbocycles. The van der Waals surface area contributed by atoms with Crippen molar-refractivity contribution in [1.82, 2.24) is 14.8 Å². The molecule has 1 N–H and O–H groups in total. The van der Waals surface area contributed by atoms with E-state index in [0.717, 1.165) is 22.4 Å². The zero-order valence-electron chi connectivity index (χ0n) is 15.5. The van der Waals surface area contributed by atoms with Crippen LogP contribution in [0.15, 0.2) is 39.1 Å². The van der Waals surface area contributed by atoms with Crippen LogP contribution in [0.5, 0.6) is 0 Å². The normalized spacial score (nSPS) is 11.3.